The Morgan fingerprint density at radius 2 is 1.44 bits per heavy atom. The van der Waals surface area contributed by atoms with Crippen LogP contribution >= 0.6 is 0 Å². The molecule has 0 spiro atoms. The maximum atomic E-state index is 13.6. The molecule has 27 heavy (non-hydrogen) atoms. The van der Waals surface area contributed by atoms with Crippen molar-refractivity contribution in [3.63, 3.8) is 0 Å². The highest BCUT2D eigenvalue weighted by atomic mass is 28.4. The van der Waals surface area contributed by atoms with Crippen molar-refractivity contribution in [3.05, 3.63) is 60.7 Å². The summed E-state index contributed by atoms with van der Waals surface area (Å²) < 4.78 is 25.6. The number of benzene rings is 2. The van der Waals surface area contributed by atoms with E-state index in [9.17, 15) is 9.50 Å². The lowest BCUT2D eigenvalue weighted by molar-refractivity contribution is -0.0749. The minimum atomic E-state index is -2.68. The molecule has 2 aromatic rings. The van der Waals surface area contributed by atoms with Gasteiger partial charge in [0.2, 0.25) is 0 Å². The van der Waals surface area contributed by atoms with E-state index in [1.165, 1.54) is 17.3 Å². The van der Waals surface area contributed by atoms with Crippen LogP contribution in [-0.4, -0.2) is 39.1 Å². The highest BCUT2D eigenvalue weighted by Gasteiger charge is 2.50. The number of aliphatic hydroxyl groups is 1. The van der Waals surface area contributed by atoms with Crippen molar-refractivity contribution in [2.24, 2.45) is 0 Å². The number of aliphatic hydroxyl groups excluding tert-OH is 1. The minimum Gasteiger partial charge on any atom is -0.405 e. The average molecular weight is 391 g/mol. The Morgan fingerprint density at radius 3 is 1.81 bits per heavy atom. The van der Waals surface area contributed by atoms with Crippen LogP contribution in [0.5, 0.6) is 0 Å². The van der Waals surface area contributed by atoms with Gasteiger partial charge in [-0.15, -0.1) is 0 Å². The molecule has 0 aliphatic rings. The van der Waals surface area contributed by atoms with Crippen molar-refractivity contribution in [2.75, 3.05) is 13.4 Å². The first-order chi connectivity index (χ1) is 12.8. The van der Waals surface area contributed by atoms with Gasteiger partial charge in [0.05, 0.1) is 18.9 Å². The summed E-state index contributed by atoms with van der Waals surface area (Å²) in [7, 11) is -2.68. The molecule has 0 saturated carbocycles. The van der Waals surface area contributed by atoms with Gasteiger partial charge in [-0.25, -0.2) is 4.39 Å². The fourth-order valence-electron chi connectivity index (χ4n) is 3.63. The third-order valence-electron chi connectivity index (χ3n) is 4.80. The molecule has 0 saturated heterocycles. The van der Waals surface area contributed by atoms with Gasteiger partial charge in [0.1, 0.15) is 6.79 Å². The van der Waals surface area contributed by atoms with Crippen molar-refractivity contribution in [3.8, 4) is 0 Å². The third-order valence-corrected chi connectivity index (χ3v) is 9.81. The zero-order valence-corrected chi connectivity index (χ0v) is 17.7. The summed E-state index contributed by atoms with van der Waals surface area (Å²) in [6, 6.07) is 20.6. The predicted octanol–water partition coefficient (Wildman–Crippen LogP) is 3.65. The summed E-state index contributed by atoms with van der Waals surface area (Å²) in [6.45, 7) is 7.87. The lowest BCUT2D eigenvalue weighted by atomic mass is 10.2. The zero-order chi connectivity index (χ0) is 19.9. The number of hydrogen-bond acceptors (Lipinski definition) is 3. The molecule has 148 valence electrons. The van der Waals surface area contributed by atoms with E-state index < -0.39 is 27.4 Å². The first kappa shape index (κ1) is 21.8. The maximum absolute atomic E-state index is 13.6. The van der Waals surface area contributed by atoms with Crippen LogP contribution in [0.25, 0.3) is 0 Å². The summed E-state index contributed by atoms with van der Waals surface area (Å²) in [4.78, 5) is 0. The van der Waals surface area contributed by atoms with Gasteiger partial charge in [0, 0.05) is 6.42 Å². The summed E-state index contributed by atoms with van der Waals surface area (Å²) in [5.74, 6) is 0. The van der Waals surface area contributed by atoms with Crippen molar-refractivity contribution in [1.82, 2.24) is 0 Å². The van der Waals surface area contributed by atoms with Crippen molar-refractivity contribution in [2.45, 2.75) is 51.4 Å². The molecule has 2 rings (SSSR count). The van der Waals surface area contributed by atoms with Crippen molar-refractivity contribution < 1.29 is 18.7 Å². The SMILES string of the molecule is C[C@H](F)CC(CO[Si](c1ccccc1)(c1ccccc1)C(C)(C)C)OCO. The van der Waals surface area contributed by atoms with E-state index in [0.717, 1.165) is 0 Å². The molecule has 5 heteroatoms. The average Bonchev–Trinajstić information content (AvgIpc) is 2.62. The highest BCUT2D eigenvalue weighted by Crippen LogP contribution is 2.37. The second-order valence-corrected chi connectivity index (χ2v) is 12.2. The Balaban J connectivity index is 2.49. The number of halogens is 1. The van der Waals surface area contributed by atoms with Gasteiger partial charge in [0.25, 0.3) is 8.32 Å². The number of ether oxygens (including phenoxy) is 1. The smallest absolute Gasteiger partial charge is 0.261 e. The van der Waals surface area contributed by atoms with Gasteiger partial charge in [0.15, 0.2) is 0 Å². The van der Waals surface area contributed by atoms with Crippen LogP contribution in [0.3, 0.4) is 0 Å². The van der Waals surface area contributed by atoms with Gasteiger partial charge >= 0.3 is 0 Å². The van der Waals surface area contributed by atoms with Crippen molar-refractivity contribution in [1.29, 1.82) is 0 Å². The topological polar surface area (TPSA) is 38.7 Å². The highest BCUT2D eigenvalue weighted by molar-refractivity contribution is 6.99. The molecule has 1 N–H and O–H groups in total. The second kappa shape index (κ2) is 9.60. The Morgan fingerprint density at radius 1 is 0.963 bits per heavy atom. The fraction of sp³-hybridized carbons (Fsp3) is 0.455. The lowest BCUT2D eigenvalue weighted by Gasteiger charge is -2.43. The van der Waals surface area contributed by atoms with E-state index in [4.69, 9.17) is 9.16 Å². The van der Waals surface area contributed by atoms with E-state index in [1.807, 2.05) is 36.4 Å². The molecule has 3 nitrogen and oxygen atoms in total. The summed E-state index contributed by atoms with van der Waals surface area (Å²) >= 11 is 0. The van der Waals surface area contributed by atoms with Crippen molar-refractivity contribution >= 4 is 18.7 Å². The molecular weight excluding hydrogens is 359 g/mol. The van der Waals surface area contributed by atoms with E-state index in [0.29, 0.717) is 0 Å². The van der Waals surface area contributed by atoms with Gasteiger partial charge < -0.3 is 14.3 Å². The molecule has 0 aromatic heterocycles. The first-order valence-corrected chi connectivity index (χ1v) is 11.3. The molecule has 0 aliphatic carbocycles. The molecule has 2 aromatic carbocycles. The van der Waals surface area contributed by atoms with Gasteiger partial charge in [-0.05, 0) is 22.3 Å². The second-order valence-electron chi connectivity index (χ2n) is 7.91. The van der Waals surface area contributed by atoms with Gasteiger partial charge in [-0.3, -0.25) is 0 Å². The quantitative estimate of drug-likeness (QED) is 0.525. The van der Waals surface area contributed by atoms with Crippen LogP contribution in [0.1, 0.15) is 34.1 Å². The maximum Gasteiger partial charge on any atom is 0.261 e. The molecule has 0 heterocycles. The third kappa shape index (κ3) is 5.26. The standard InChI is InChI=1S/C22H31FO3Si/c1-18(23)15-19(25-17-24)16-26-27(22(2,3)4,20-11-7-5-8-12-20)21-13-9-6-10-14-21/h5-14,18-19,24H,15-17H2,1-4H3/t18-,19?/m0/s1. The Kier molecular flexibility index (Phi) is 7.74. The molecule has 0 fully saturated rings. The van der Waals surface area contributed by atoms with Gasteiger partial charge in [-0.1, -0.05) is 81.4 Å². The molecule has 2 atom stereocenters. The van der Waals surface area contributed by atoms with Crippen LogP contribution in [0.15, 0.2) is 60.7 Å². The summed E-state index contributed by atoms with van der Waals surface area (Å²) in [5, 5.41) is 11.4. The Bertz CT molecular complexity index is 631. The van der Waals surface area contributed by atoms with Crippen LogP contribution in [0.4, 0.5) is 4.39 Å². The van der Waals surface area contributed by atoms with Crippen LogP contribution in [-0.2, 0) is 9.16 Å². The first-order valence-electron chi connectivity index (χ1n) is 9.43. The van der Waals surface area contributed by atoms with E-state index >= 15 is 0 Å². The zero-order valence-electron chi connectivity index (χ0n) is 16.7. The number of alkyl halides is 1. The fourth-order valence-corrected chi connectivity index (χ4v) is 8.22. The molecule has 0 amide bonds. The summed E-state index contributed by atoms with van der Waals surface area (Å²) in [6.07, 6.45) is -1.32. The number of hydrogen-bond donors (Lipinski definition) is 1. The molecular formula is C22H31FO3Si. The molecule has 0 aliphatic heterocycles. The monoisotopic (exact) mass is 390 g/mol. The van der Waals surface area contributed by atoms with Crippen LogP contribution in [0, 0.1) is 0 Å². The van der Waals surface area contributed by atoms with Crippen LogP contribution < -0.4 is 10.4 Å². The molecule has 0 radical (unpaired) electrons. The van der Waals surface area contributed by atoms with Gasteiger partial charge in [-0.2, -0.15) is 0 Å². The summed E-state index contributed by atoms with van der Waals surface area (Å²) in [5.41, 5.74) is 0. The molecule has 1 unspecified atom stereocenters. The van der Waals surface area contributed by atoms with E-state index in [1.54, 1.807) is 0 Å². The number of rotatable bonds is 9. The predicted molar refractivity (Wildman–Crippen MR) is 111 cm³/mol. The van der Waals surface area contributed by atoms with E-state index in [2.05, 4.69) is 45.0 Å². The largest absolute Gasteiger partial charge is 0.405 e. The minimum absolute atomic E-state index is 0.152. The normalized spacial score (nSPS) is 14.7. The lowest BCUT2D eigenvalue weighted by Crippen LogP contribution is -2.67. The molecule has 0 bridgehead atoms. The van der Waals surface area contributed by atoms with E-state index in [-0.39, 0.29) is 18.1 Å². The Labute approximate surface area is 163 Å². The Hall–Kier alpha value is -1.53. The van der Waals surface area contributed by atoms with Crippen LogP contribution in [0.2, 0.25) is 5.04 Å².